The minimum atomic E-state index is 0.798. The molecule has 0 fully saturated rings. The zero-order valence-electron chi connectivity index (χ0n) is 7.21. The molecule has 2 nitrogen and oxygen atoms in total. The summed E-state index contributed by atoms with van der Waals surface area (Å²) in [4.78, 5) is 0. The van der Waals surface area contributed by atoms with Gasteiger partial charge in [-0.3, -0.25) is 0 Å². The van der Waals surface area contributed by atoms with Gasteiger partial charge in [-0.2, -0.15) is 12.6 Å². The summed E-state index contributed by atoms with van der Waals surface area (Å²) in [5.41, 5.74) is 0. The summed E-state index contributed by atoms with van der Waals surface area (Å²) in [7, 11) is 1.71. The summed E-state index contributed by atoms with van der Waals surface area (Å²) in [6.45, 7) is 2.48. The second kappa shape index (κ2) is 10.3. The van der Waals surface area contributed by atoms with E-state index < -0.39 is 0 Å². The van der Waals surface area contributed by atoms with Crippen LogP contribution in [0.2, 0.25) is 0 Å². The average Bonchev–Trinajstić information content (AvgIpc) is 2.03. The molecule has 3 heteroatoms. The van der Waals surface area contributed by atoms with E-state index in [1.165, 1.54) is 0 Å². The molecule has 0 rings (SSSR count). The largest absolute Gasteiger partial charge is 0.385 e. The molecule has 0 bridgehead atoms. The van der Waals surface area contributed by atoms with Gasteiger partial charge >= 0.3 is 0 Å². The highest BCUT2D eigenvalue weighted by Gasteiger charge is 1.88. The molecule has 0 aliphatic rings. The molecule has 0 aromatic rings. The number of thiol groups is 1. The van der Waals surface area contributed by atoms with Gasteiger partial charge in [-0.15, -0.1) is 0 Å². The third-order valence-corrected chi connectivity index (χ3v) is 1.65. The van der Waals surface area contributed by atoms with E-state index in [2.05, 4.69) is 12.6 Å². The van der Waals surface area contributed by atoms with Gasteiger partial charge in [0.1, 0.15) is 0 Å². The second-order valence-corrected chi connectivity index (χ2v) is 2.84. The van der Waals surface area contributed by atoms with Crippen LogP contribution in [0.25, 0.3) is 0 Å². The van der Waals surface area contributed by atoms with Crippen molar-refractivity contribution in [1.29, 1.82) is 0 Å². The molecule has 0 amide bonds. The lowest BCUT2D eigenvalue weighted by molar-refractivity contribution is 0.101. The van der Waals surface area contributed by atoms with Crippen molar-refractivity contribution >= 4 is 12.6 Å². The van der Waals surface area contributed by atoms with Crippen LogP contribution in [0.4, 0.5) is 0 Å². The van der Waals surface area contributed by atoms with E-state index in [4.69, 9.17) is 9.47 Å². The maximum absolute atomic E-state index is 5.32. The second-order valence-electron chi connectivity index (χ2n) is 2.39. The Morgan fingerprint density at radius 2 is 1.73 bits per heavy atom. The Hall–Kier alpha value is 0.270. The first-order valence-electron chi connectivity index (χ1n) is 4.09. The first-order chi connectivity index (χ1) is 5.41. The van der Waals surface area contributed by atoms with Crippen molar-refractivity contribution in [2.24, 2.45) is 0 Å². The quantitative estimate of drug-likeness (QED) is 0.451. The van der Waals surface area contributed by atoms with E-state index in [1.54, 1.807) is 7.11 Å². The normalized spacial score (nSPS) is 10.4. The summed E-state index contributed by atoms with van der Waals surface area (Å²) in [6.07, 6.45) is 3.27. The number of hydrogen-bond acceptors (Lipinski definition) is 3. The summed E-state index contributed by atoms with van der Waals surface area (Å²) in [6, 6.07) is 0. The fraction of sp³-hybridized carbons (Fsp3) is 1.00. The fourth-order valence-electron chi connectivity index (χ4n) is 0.723. The summed E-state index contributed by atoms with van der Waals surface area (Å²) in [5.74, 6) is 0.960. The Balaban J connectivity index is 2.69. The molecule has 0 unspecified atom stereocenters. The molecule has 0 atom stereocenters. The molecule has 0 heterocycles. The molecule has 0 aromatic heterocycles. The molecule has 0 aromatic carbocycles. The van der Waals surface area contributed by atoms with E-state index in [1.807, 2.05) is 0 Å². The van der Waals surface area contributed by atoms with Gasteiger partial charge in [0.2, 0.25) is 0 Å². The van der Waals surface area contributed by atoms with Crippen molar-refractivity contribution in [1.82, 2.24) is 0 Å². The van der Waals surface area contributed by atoms with E-state index in [9.17, 15) is 0 Å². The Labute approximate surface area is 74.7 Å². The van der Waals surface area contributed by atoms with Crippen molar-refractivity contribution in [3.63, 3.8) is 0 Å². The number of hydrogen-bond donors (Lipinski definition) is 1. The van der Waals surface area contributed by atoms with Gasteiger partial charge in [0.05, 0.1) is 0 Å². The first kappa shape index (κ1) is 11.3. The van der Waals surface area contributed by atoms with Crippen molar-refractivity contribution in [3.8, 4) is 0 Å². The molecule has 0 saturated heterocycles. The number of unbranched alkanes of at least 4 members (excludes halogenated alkanes) is 1. The van der Waals surface area contributed by atoms with Gasteiger partial charge in [-0.1, -0.05) is 0 Å². The minimum absolute atomic E-state index is 0.798. The van der Waals surface area contributed by atoms with Crippen LogP contribution in [-0.2, 0) is 9.47 Å². The number of rotatable bonds is 8. The zero-order valence-corrected chi connectivity index (χ0v) is 8.11. The van der Waals surface area contributed by atoms with Gasteiger partial charge in [-0.05, 0) is 25.0 Å². The van der Waals surface area contributed by atoms with Gasteiger partial charge in [0.15, 0.2) is 0 Å². The lowest BCUT2D eigenvalue weighted by atomic mass is 10.3. The molecule has 0 radical (unpaired) electrons. The maximum Gasteiger partial charge on any atom is 0.0487 e. The summed E-state index contributed by atoms with van der Waals surface area (Å²) >= 11 is 4.10. The number of ether oxygens (including phenoxy) is 2. The summed E-state index contributed by atoms with van der Waals surface area (Å²) < 4.78 is 10.2. The molecule has 11 heavy (non-hydrogen) atoms. The molecule has 68 valence electrons. The standard InChI is InChI=1S/C8H18O2S/c1-9-5-4-7-10-6-2-3-8-11/h11H,2-8H2,1H3. The Bertz CT molecular complexity index is 61.1. The third kappa shape index (κ3) is 10.3. The lowest BCUT2D eigenvalue weighted by Gasteiger charge is -2.02. The van der Waals surface area contributed by atoms with Crippen LogP contribution in [0.3, 0.4) is 0 Å². The fourth-order valence-corrected chi connectivity index (χ4v) is 0.947. The van der Waals surface area contributed by atoms with E-state index in [0.717, 1.165) is 44.8 Å². The molecule has 0 aliphatic heterocycles. The van der Waals surface area contributed by atoms with Gasteiger partial charge in [-0.25, -0.2) is 0 Å². The van der Waals surface area contributed by atoms with Crippen LogP contribution in [0.1, 0.15) is 19.3 Å². The van der Waals surface area contributed by atoms with Crippen LogP contribution < -0.4 is 0 Å². The SMILES string of the molecule is COCCCOCCCCS. The topological polar surface area (TPSA) is 18.5 Å². The Morgan fingerprint density at radius 1 is 1.00 bits per heavy atom. The highest BCUT2D eigenvalue weighted by molar-refractivity contribution is 7.80. The van der Waals surface area contributed by atoms with Crippen LogP contribution in [-0.4, -0.2) is 32.7 Å². The molecule has 0 saturated carbocycles. The zero-order chi connectivity index (χ0) is 8.36. The molecule has 0 spiro atoms. The Morgan fingerprint density at radius 3 is 2.36 bits per heavy atom. The van der Waals surface area contributed by atoms with E-state index >= 15 is 0 Å². The monoisotopic (exact) mass is 178 g/mol. The highest BCUT2D eigenvalue weighted by Crippen LogP contribution is 1.92. The van der Waals surface area contributed by atoms with Crippen LogP contribution in [0, 0.1) is 0 Å². The summed E-state index contributed by atoms with van der Waals surface area (Å²) in [5, 5.41) is 0. The highest BCUT2D eigenvalue weighted by atomic mass is 32.1. The maximum atomic E-state index is 5.32. The van der Waals surface area contributed by atoms with Gasteiger partial charge in [0.25, 0.3) is 0 Å². The predicted molar refractivity (Wildman–Crippen MR) is 50.4 cm³/mol. The average molecular weight is 178 g/mol. The Kier molecular flexibility index (Phi) is 10.5. The predicted octanol–water partition coefficient (Wildman–Crippen LogP) is 1.75. The van der Waals surface area contributed by atoms with Crippen LogP contribution >= 0.6 is 12.6 Å². The van der Waals surface area contributed by atoms with Gasteiger partial charge in [0, 0.05) is 26.9 Å². The lowest BCUT2D eigenvalue weighted by Crippen LogP contribution is -2.00. The van der Waals surface area contributed by atoms with E-state index in [0.29, 0.717) is 0 Å². The van der Waals surface area contributed by atoms with Crippen molar-refractivity contribution in [2.75, 3.05) is 32.7 Å². The van der Waals surface area contributed by atoms with Crippen molar-refractivity contribution in [3.05, 3.63) is 0 Å². The van der Waals surface area contributed by atoms with E-state index in [-0.39, 0.29) is 0 Å². The molecule has 0 N–H and O–H groups in total. The molecular weight excluding hydrogens is 160 g/mol. The first-order valence-corrected chi connectivity index (χ1v) is 4.72. The molecule has 0 aliphatic carbocycles. The van der Waals surface area contributed by atoms with Crippen molar-refractivity contribution < 1.29 is 9.47 Å². The molecular formula is C8H18O2S. The third-order valence-electron chi connectivity index (χ3n) is 1.33. The van der Waals surface area contributed by atoms with Crippen molar-refractivity contribution in [2.45, 2.75) is 19.3 Å². The van der Waals surface area contributed by atoms with Gasteiger partial charge < -0.3 is 9.47 Å². The van der Waals surface area contributed by atoms with Crippen LogP contribution in [0.15, 0.2) is 0 Å². The minimum Gasteiger partial charge on any atom is -0.385 e. The smallest absolute Gasteiger partial charge is 0.0487 e. The number of methoxy groups -OCH3 is 1. The van der Waals surface area contributed by atoms with Crippen LogP contribution in [0.5, 0.6) is 0 Å².